The van der Waals surface area contributed by atoms with Crippen LogP contribution in [-0.2, 0) is 11.3 Å². The fourth-order valence-electron chi connectivity index (χ4n) is 2.34. The summed E-state index contributed by atoms with van der Waals surface area (Å²) in [6.45, 7) is 3.19. The lowest BCUT2D eigenvalue weighted by Crippen LogP contribution is -2.33. The van der Waals surface area contributed by atoms with E-state index in [4.69, 9.17) is 4.74 Å². The van der Waals surface area contributed by atoms with Gasteiger partial charge in [-0.05, 0) is 13.3 Å². The standard InChI is InChI=1S/C13H19F3N4O2/c1-2-22-8-10-3-4-19(6-10)12(21)18-11-5-17-20(7-11)9-13(14,15)16/h5,7,10H,2-4,6,8-9H2,1H3,(H,18,21)/t10-/m1/s1. The highest BCUT2D eigenvalue weighted by Gasteiger charge is 2.29. The van der Waals surface area contributed by atoms with Crippen molar-refractivity contribution in [3.63, 3.8) is 0 Å². The van der Waals surface area contributed by atoms with Gasteiger partial charge in [0.25, 0.3) is 0 Å². The third-order valence-electron chi connectivity index (χ3n) is 3.36. The van der Waals surface area contributed by atoms with Crippen molar-refractivity contribution in [1.29, 1.82) is 0 Å². The Kier molecular flexibility index (Phi) is 5.28. The van der Waals surface area contributed by atoms with Gasteiger partial charge in [0.2, 0.25) is 0 Å². The molecule has 124 valence electrons. The van der Waals surface area contributed by atoms with Crippen LogP contribution in [0.4, 0.5) is 23.7 Å². The first-order valence-electron chi connectivity index (χ1n) is 7.10. The smallest absolute Gasteiger partial charge is 0.381 e. The van der Waals surface area contributed by atoms with Gasteiger partial charge >= 0.3 is 12.2 Å². The van der Waals surface area contributed by atoms with E-state index in [0.717, 1.165) is 11.1 Å². The summed E-state index contributed by atoms with van der Waals surface area (Å²) in [7, 11) is 0. The molecule has 22 heavy (non-hydrogen) atoms. The van der Waals surface area contributed by atoms with Gasteiger partial charge in [-0.1, -0.05) is 0 Å². The topological polar surface area (TPSA) is 59.4 Å². The fourth-order valence-corrected chi connectivity index (χ4v) is 2.34. The number of alkyl halides is 3. The third kappa shape index (κ3) is 4.90. The molecule has 1 aliphatic heterocycles. The number of ether oxygens (including phenoxy) is 1. The Hall–Kier alpha value is -1.77. The number of urea groups is 1. The molecule has 0 radical (unpaired) electrons. The normalized spacial score (nSPS) is 18.7. The molecule has 0 spiro atoms. The molecule has 1 atom stereocenters. The maximum atomic E-state index is 12.2. The quantitative estimate of drug-likeness (QED) is 0.906. The summed E-state index contributed by atoms with van der Waals surface area (Å²) in [6.07, 6.45) is -1.11. The van der Waals surface area contributed by atoms with E-state index < -0.39 is 12.7 Å². The number of likely N-dealkylation sites (tertiary alicyclic amines) is 1. The van der Waals surface area contributed by atoms with Gasteiger partial charge in [0.1, 0.15) is 6.54 Å². The number of nitrogens with one attached hydrogen (secondary N) is 1. The molecular formula is C13H19F3N4O2. The number of anilines is 1. The van der Waals surface area contributed by atoms with Crippen LogP contribution < -0.4 is 5.32 Å². The minimum Gasteiger partial charge on any atom is -0.381 e. The Morgan fingerprint density at radius 1 is 1.55 bits per heavy atom. The highest BCUT2D eigenvalue weighted by atomic mass is 19.4. The fraction of sp³-hybridized carbons (Fsp3) is 0.692. The zero-order valence-electron chi connectivity index (χ0n) is 12.3. The number of amides is 2. The number of rotatable bonds is 5. The first kappa shape index (κ1) is 16.6. The van der Waals surface area contributed by atoms with Gasteiger partial charge in [-0.3, -0.25) is 4.68 Å². The van der Waals surface area contributed by atoms with Crippen molar-refractivity contribution in [2.75, 3.05) is 31.6 Å². The van der Waals surface area contributed by atoms with E-state index in [9.17, 15) is 18.0 Å². The van der Waals surface area contributed by atoms with Crippen LogP contribution >= 0.6 is 0 Å². The average molecular weight is 320 g/mol. The number of hydrogen-bond donors (Lipinski definition) is 1. The average Bonchev–Trinajstić information content (AvgIpc) is 3.04. The summed E-state index contributed by atoms with van der Waals surface area (Å²) in [5.74, 6) is 0.304. The number of hydrogen-bond acceptors (Lipinski definition) is 3. The summed E-state index contributed by atoms with van der Waals surface area (Å²) in [6, 6.07) is -0.328. The third-order valence-corrected chi connectivity index (χ3v) is 3.36. The van der Waals surface area contributed by atoms with E-state index >= 15 is 0 Å². The van der Waals surface area contributed by atoms with Gasteiger partial charge in [0, 0.05) is 31.8 Å². The van der Waals surface area contributed by atoms with Crippen molar-refractivity contribution in [2.45, 2.75) is 26.1 Å². The van der Waals surface area contributed by atoms with Crippen molar-refractivity contribution in [3.8, 4) is 0 Å². The lowest BCUT2D eigenvalue weighted by atomic mass is 10.1. The largest absolute Gasteiger partial charge is 0.408 e. The number of halogens is 3. The van der Waals surface area contributed by atoms with E-state index in [1.165, 1.54) is 12.4 Å². The van der Waals surface area contributed by atoms with Crippen molar-refractivity contribution < 1.29 is 22.7 Å². The minimum absolute atomic E-state index is 0.252. The van der Waals surface area contributed by atoms with Crippen LogP contribution in [0.5, 0.6) is 0 Å². The van der Waals surface area contributed by atoms with Gasteiger partial charge in [-0.2, -0.15) is 18.3 Å². The molecule has 0 aromatic carbocycles. The second-order valence-corrected chi connectivity index (χ2v) is 5.23. The Morgan fingerprint density at radius 2 is 2.32 bits per heavy atom. The number of aromatic nitrogens is 2. The lowest BCUT2D eigenvalue weighted by molar-refractivity contribution is -0.142. The molecule has 0 unspecified atom stereocenters. The molecule has 2 amide bonds. The summed E-state index contributed by atoms with van der Waals surface area (Å²) < 4.78 is 42.8. The predicted molar refractivity (Wildman–Crippen MR) is 73.5 cm³/mol. The van der Waals surface area contributed by atoms with Crippen molar-refractivity contribution in [1.82, 2.24) is 14.7 Å². The predicted octanol–water partition coefficient (Wildman–Crippen LogP) is 2.34. The first-order valence-corrected chi connectivity index (χ1v) is 7.10. The summed E-state index contributed by atoms with van der Waals surface area (Å²) in [5, 5.41) is 6.14. The van der Waals surface area contributed by atoms with Crippen LogP contribution in [0.1, 0.15) is 13.3 Å². The molecule has 0 aliphatic carbocycles. The van der Waals surface area contributed by atoms with E-state index in [0.29, 0.717) is 32.2 Å². The van der Waals surface area contributed by atoms with Crippen molar-refractivity contribution >= 4 is 11.7 Å². The zero-order valence-corrected chi connectivity index (χ0v) is 12.3. The maximum Gasteiger partial charge on any atom is 0.408 e. The minimum atomic E-state index is -4.34. The number of carbonyl (C=O) groups excluding carboxylic acids is 1. The molecule has 6 nitrogen and oxygen atoms in total. The van der Waals surface area contributed by atoms with Crippen LogP contribution in [-0.4, -0.2) is 53.2 Å². The Morgan fingerprint density at radius 3 is 3.00 bits per heavy atom. The Bertz CT molecular complexity index is 504. The molecule has 0 bridgehead atoms. The molecule has 1 saturated heterocycles. The second kappa shape index (κ2) is 6.99. The van der Waals surface area contributed by atoms with Crippen LogP contribution in [0.2, 0.25) is 0 Å². The SMILES string of the molecule is CCOC[C@@H]1CCN(C(=O)Nc2cnn(CC(F)(F)F)c2)C1. The van der Waals surface area contributed by atoms with Gasteiger partial charge in [-0.25, -0.2) is 4.79 Å². The highest BCUT2D eigenvalue weighted by Crippen LogP contribution is 2.20. The van der Waals surface area contributed by atoms with E-state index in [-0.39, 0.29) is 11.7 Å². The van der Waals surface area contributed by atoms with Crippen molar-refractivity contribution in [3.05, 3.63) is 12.4 Å². The van der Waals surface area contributed by atoms with Gasteiger partial charge in [0.05, 0.1) is 18.5 Å². The molecule has 2 heterocycles. The summed E-state index contributed by atoms with van der Waals surface area (Å²) >= 11 is 0. The summed E-state index contributed by atoms with van der Waals surface area (Å²) in [5.41, 5.74) is 0.252. The lowest BCUT2D eigenvalue weighted by Gasteiger charge is -2.16. The van der Waals surface area contributed by atoms with Gasteiger partial charge < -0.3 is 15.0 Å². The zero-order chi connectivity index (χ0) is 16.2. The van der Waals surface area contributed by atoms with Crippen LogP contribution in [0.25, 0.3) is 0 Å². The molecule has 1 fully saturated rings. The monoisotopic (exact) mass is 320 g/mol. The molecule has 9 heteroatoms. The van der Waals surface area contributed by atoms with E-state index in [2.05, 4.69) is 10.4 Å². The molecule has 1 aromatic heterocycles. The maximum absolute atomic E-state index is 12.2. The van der Waals surface area contributed by atoms with Crippen molar-refractivity contribution in [2.24, 2.45) is 5.92 Å². The summed E-state index contributed by atoms with van der Waals surface area (Å²) in [4.78, 5) is 13.7. The molecule has 2 rings (SSSR count). The molecule has 0 saturated carbocycles. The Labute approximate surface area is 126 Å². The van der Waals surface area contributed by atoms with Crippen LogP contribution in [0.3, 0.4) is 0 Å². The second-order valence-electron chi connectivity index (χ2n) is 5.23. The van der Waals surface area contributed by atoms with E-state index in [1.54, 1.807) is 4.90 Å². The highest BCUT2D eigenvalue weighted by molar-refractivity contribution is 5.89. The Balaban J connectivity index is 1.82. The first-order chi connectivity index (χ1) is 10.4. The molecule has 1 N–H and O–H groups in total. The van der Waals surface area contributed by atoms with Gasteiger partial charge in [-0.15, -0.1) is 0 Å². The van der Waals surface area contributed by atoms with Crippen LogP contribution in [0.15, 0.2) is 12.4 Å². The van der Waals surface area contributed by atoms with E-state index in [1.807, 2.05) is 6.92 Å². The molecule has 1 aliphatic rings. The number of nitrogens with zero attached hydrogens (tertiary/aromatic N) is 3. The molecular weight excluding hydrogens is 301 g/mol. The van der Waals surface area contributed by atoms with Gasteiger partial charge in [0.15, 0.2) is 0 Å². The number of carbonyl (C=O) groups is 1. The van der Waals surface area contributed by atoms with Crippen LogP contribution in [0, 0.1) is 5.92 Å². The molecule has 1 aromatic rings.